The average Bonchev–Trinajstić information content (AvgIpc) is 3.58. The van der Waals surface area contributed by atoms with Gasteiger partial charge in [0.25, 0.3) is 5.91 Å². The van der Waals surface area contributed by atoms with Crippen molar-refractivity contribution in [3.8, 4) is 11.5 Å². The van der Waals surface area contributed by atoms with Crippen LogP contribution in [0.25, 0.3) is 0 Å². The number of carbonyl (C=O) groups is 2. The highest BCUT2D eigenvalue weighted by atomic mass is 16.5. The fraction of sp³-hybridized carbons (Fsp3) is 0.333. The molecule has 7 nitrogen and oxygen atoms in total. The van der Waals surface area contributed by atoms with Gasteiger partial charge in [0.05, 0.1) is 20.0 Å². The van der Waals surface area contributed by atoms with Crippen LogP contribution in [-0.2, 0) is 4.79 Å². The molecule has 0 radical (unpaired) electrons. The molecule has 1 atom stereocenters. The van der Waals surface area contributed by atoms with Gasteiger partial charge in [0.15, 0.2) is 5.76 Å². The predicted molar refractivity (Wildman–Crippen MR) is 129 cm³/mol. The summed E-state index contributed by atoms with van der Waals surface area (Å²) < 4.78 is 16.3. The zero-order chi connectivity index (χ0) is 23.9. The molecule has 0 spiro atoms. The number of ether oxygens (including phenoxy) is 2. The monoisotopic (exact) mass is 462 g/mol. The smallest absolute Gasteiger partial charge is 0.294 e. The Morgan fingerprint density at radius 3 is 2.29 bits per heavy atom. The minimum absolute atomic E-state index is 0.106. The van der Waals surface area contributed by atoms with E-state index in [4.69, 9.17) is 13.9 Å². The average molecular weight is 463 g/mol. The molecule has 3 aromatic rings. The van der Waals surface area contributed by atoms with Crippen molar-refractivity contribution in [1.29, 1.82) is 0 Å². The number of carbonyl (C=O) groups excluding carboxylic acids is 2. The second-order valence-corrected chi connectivity index (χ2v) is 8.25. The van der Waals surface area contributed by atoms with Crippen LogP contribution in [0.5, 0.6) is 11.5 Å². The minimum Gasteiger partial charge on any atom is -0.497 e. The van der Waals surface area contributed by atoms with Gasteiger partial charge in [-0.2, -0.15) is 0 Å². The number of benzene rings is 2. The first kappa shape index (κ1) is 23.4. The van der Waals surface area contributed by atoms with Crippen LogP contribution in [0, 0.1) is 0 Å². The summed E-state index contributed by atoms with van der Waals surface area (Å²) >= 11 is 0. The van der Waals surface area contributed by atoms with Gasteiger partial charge in [-0.05, 0) is 73.9 Å². The molecule has 1 aromatic heterocycles. The lowest BCUT2D eigenvalue weighted by Crippen LogP contribution is -2.46. The summed E-state index contributed by atoms with van der Waals surface area (Å²) in [6.45, 7) is 2.44. The molecule has 4 rings (SSSR count). The fourth-order valence-electron chi connectivity index (χ4n) is 4.33. The van der Waals surface area contributed by atoms with Crippen molar-refractivity contribution >= 4 is 17.5 Å². The molecule has 0 aliphatic heterocycles. The molecule has 34 heavy (non-hydrogen) atoms. The van der Waals surface area contributed by atoms with E-state index < -0.39 is 11.9 Å². The van der Waals surface area contributed by atoms with E-state index in [0.29, 0.717) is 29.4 Å². The SMILES string of the molecule is CCOc1ccc(N(C(=O)c2ccco2)[C@H](C(=O)NC2CCCC2)c2ccc(OC)cc2)cc1. The van der Waals surface area contributed by atoms with E-state index in [9.17, 15) is 9.59 Å². The molecular weight excluding hydrogens is 432 g/mol. The summed E-state index contributed by atoms with van der Waals surface area (Å²) in [7, 11) is 1.59. The molecule has 2 amide bonds. The van der Waals surface area contributed by atoms with Gasteiger partial charge in [0, 0.05) is 11.7 Å². The van der Waals surface area contributed by atoms with Crippen LogP contribution in [0.3, 0.4) is 0 Å². The third-order valence-corrected chi connectivity index (χ3v) is 6.02. The maximum absolute atomic E-state index is 13.7. The van der Waals surface area contributed by atoms with E-state index in [-0.39, 0.29) is 17.7 Å². The van der Waals surface area contributed by atoms with Crippen LogP contribution in [-0.4, -0.2) is 31.6 Å². The van der Waals surface area contributed by atoms with Gasteiger partial charge < -0.3 is 19.2 Å². The molecular formula is C27H30N2O5. The molecule has 1 fully saturated rings. The molecule has 1 N–H and O–H groups in total. The Balaban J connectivity index is 1.78. The van der Waals surface area contributed by atoms with Crippen molar-refractivity contribution in [2.75, 3.05) is 18.6 Å². The van der Waals surface area contributed by atoms with Gasteiger partial charge in [0.1, 0.15) is 17.5 Å². The first-order chi connectivity index (χ1) is 16.6. The van der Waals surface area contributed by atoms with Crippen LogP contribution >= 0.6 is 0 Å². The second-order valence-electron chi connectivity index (χ2n) is 8.25. The summed E-state index contributed by atoms with van der Waals surface area (Å²) in [6, 6.07) is 16.8. The lowest BCUT2D eigenvalue weighted by atomic mass is 10.0. The van der Waals surface area contributed by atoms with E-state index in [2.05, 4.69) is 5.32 Å². The summed E-state index contributed by atoms with van der Waals surface area (Å²) in [6.07, 6.45) is 5.51. The standard InChI is InChI=1S/C27H30N2O5/c1-3-33-23-16-12-21(13-17-23)29(27(31)24-9-6-18-34-24)25(19-10-14-22(32-2)15-11-19)26(30)28-20-7-4-5-8-20/h6,9-18,20,25H,3-5,7-8H2,1-2H3,(H,28,30)/t25-/m0/s1. The number of methoxy groups -OCH3 is 1. The summed E-state index contributed by atoms with van der Waals surface area (Å²) in [4.78, 5) is 28.9. The Hall–Kier alpha value is -3.74. The zero-order valence-electron chi connectivity index (χ0n) is 19.5. The Kier molecular flexibility index (Phi) is 7.52. The highest BCUT2D eigenvalue weighted by Crippen LogP contribution is 2.32. The van der Waals surface area contributed by atoms with Crippen LogP contribution in [0.1, 0.15) is 54.8 Å². The third-order valence-electron chi connectivity index (χ3n) is 6.02. The molecule has 0 bridgehead atoms. The maximum atomic E-state index is 13.7. The van der Waals surface area contributed by atoms with E-state index >= 15 is 0 Å². The van der Waals surface area contributed by atoms with Gasteiger partial charge in [-0.3, -0.25) is 14.5 Å². The molecule has 1 aliphatic rings. The Morgan fingerprint density at radius 1 is 1.03 bits per heavy atom. The van der Waals surface area contributed by atoms with E-state index in [0.717, 1.165) is 25.7 Å². The minimum atomic E-state index is -0.901. The van der Waals surface area contributed by atoms with Gasteiger partial charge in [-0.25, -0.2) is 0 Å². The van der Waals surface area contributed by atoms with Gasteiger partial charge in [0.2, 0.25) is 5.91 Å². The van der Waals surface area contributed by atoms with Crippen molar-refractivity contribution in [1.82, 2.24) is 5.32 Å². The van der Waals surface area contributed by atoms with Crippen LogP contribution in [0.4, 0.5) is 5.69 Å². The first-order valence-electron chi connectivity index (χ1n) is 11.6. The number of amides is 2. The van der Waals surface area contributed by atoms with Crippen molar-refractivity contribution in [2.24, 2.45) is 0 Å². The summed E-state index contributed by atoms with van der Waals surface area (Å²) in [5, 5.41) is 3.17. The van der Waals surface area contributed by atoms with Crippen LogP contribution in [0.2, 0.25) is 0 Å². The maximum Gasteiger partial charge on any atom is 0.294 e. The molecule has 1 aliphatic carbocycles. The molecule has 1 saturated carbocycles. The molecule has 2 aromatic carbocycles. The van der Waals surface area contributed by atoms with Gasteiger partial charge >= 0.3 is 0 Å². The highest BCUT2D eigenvalue weighted by molar-refractivity contribution is 6.08. The summed E-state index contributed by atoms with van der Waals surface area (Å²) in [5.74, 6) is 0.875. The fourth-order valence-corrected chi connectivity index (χ4v) is 4.33. The van der Waals surface area contributed by atoms with E-state index in [1.807, 2.05) is 19.1 Å². The quantitative estimate of drug-likeness (QED) is 0.477. The number of nitrogens with one attached hydrogen (secondary N) is 1. The number of hydrogen-bond donors (Lipinski definition) is 1. The van der Waals surface area contributed by atoms with Gasteiger partial charge in [-0.1, -0.05) is 25.0 Å². The van der Waals surface area contributed by atoms with E-state index in [1.165, 1.54) is 11.2 Å². The van der Waals surface area contributed by atoms with Crippen molar-refractivity contribution in [3.05, 3.63) is 78.3 Å². The molecule has 178 valence electrons. The molecule has 1 heterocycles. The topological polar surface area (TPSA) is 81.0 Å². The lowest BCUT2D eigenvalue weighted by Gasteiger charge is -2.32. The van der Waals surface area contributed by atoms with Crippen molar-refractivity contribution in [3.63, 3.8) is 0 Å². The third kappa shape index (κ3) is 5.25. The number of nitrogens with zero attached hydrogens (tertiary/aromatic N) is 1. The molecule has 0 unspecified atom stereocenters. The highest BCUT2D eigenvalue weighted by Gasteiger charge is 2.35. The number of anilines is 1. The second kappa shape index (κ2) is 10.9. The Bertz CT molecular complexity index is 1070. The number of rotatable bonds is 9. The largest absolute Gasteiger partial charge is 0.497 e. The molecule has 0 saturated heterocycles. The molecule has 7 heteroatoms. The zero-order valence-corrected chi connectivity index (χ0v) is 19.5. The van der Waals surface area contributed by atoms with Crippen molar-refractivity contribution < 1.29 is 23.5 Å². The Morgan fingerprint density at radius 2 is 1.71 bits per heavy atom. The Labute approximate surface area is 199 Å². The predicted octanol–water partition coefficient (Wildman–Crippen LogP) is 5.13. The van der Waals surface area contributed by atoms with Crippen LogP contribution in [0.15, 0.2) is 71.3 Å². The van der Waals surface area contributed by atoms with Gasteiger partial charge in [-0.15, -0.1) is 0 Å². The summed E-state index contributed by atoms with van der Waals surface area (Å²) in [5.41, 5.74) is 1.23. The lowest BCUT2D eigenvalue weighted by molar-refractivity contribution is -0.123. The first-order valence-corrected chi connectivity index (χ1v) is 11.6. The van der Waals surface area contributed by atoms with Crippen LogP contribution < -0.4 is 19.7 Å². The number of hydrogen-bond acceptors (Lipinski definition) is 5. The van der Waals surface area contributed by atoms with Crippen molar-refractivity contribution in [2.45, 2.75) is 44.7 Å². The normalized spacial score (nSPS) is 14.4. The number of furan rings is 1. The van der Waals surface area contributed by atoms with E-state index in [1.54, 1.807) is 55.6 Å².